The molecule has 3 heterocycles. The Hall–Kier alpha value is -2.77. The number of anilines is 1. The lowest BCUT2D eigenvalue weighted by molar-refractivity contribution is -0.116. The minimum atomic E-state index is -0.0216. The zero-order chi connectivity index (χ0) is 25.3. The number of amides is 2. The van der Waals surface area contributed by atoms with Gasteiger partial charge in [-0.05, 0) is 87.8 Å². The number of nitrogens with one attached hydrogen (secondary N) is 1. The summed E-state index contributed by atoms with van der Waals surface area (Å²) in [5.74, 6) is 0.0299. The second-order valence-electron chi connectivity index (χ2n) is 10.4. The highest BCUT2D eigenvalue weighted by atomic mass is 16.2. The lowest BCUT2D eigenvalue weighted by atomic mass is 10.0. The monoisotopic (exact) mass is 491 g/mol. The first-order valence-electron chi connectivity index (χ1n) is 13.5. The molecule has 36 heavy (non-hydrogen) atoms. The molecule has 1 aromatic carbocycles. The quantitative estimate of drug-likeness (QED) is 0.693. The molecule has 2 aliphatic rings. The zero-order valence-corrected chi connectivity index (χ0v) is 21.9. The van der Waals surface area contributed by atoms with Crippen LogP contribution < -0.4 is 10.2 Å². The molecule has 7 heteroatoms. The number of piperidine rings is 1. The van der Waals surface area contributed by atoms with E-state index in [9.17, 15) is 9.59 Å². The summed E-state index contributed by atoms with van der Waals surface area (Å²) < 4.78 is 0. The van der Waals surface area contributed by atoms with Crippen LogP contribution in [0, 0.1) is 0 Å². The van der Waals surface area contributed by atoms with Crippen LogP contribution in [0.15, 0.2) is 42.7 Å². The Morgan fingerprint density at radius 2 is 1.75 bits per heavy atom. The highest BCUT2D eigenvalue weighted by Gasteiger charge is 2.22. The van der Waals surface area contributed by atoms with Crippen molar-refractivity contribution in [3.05, 3.63) is 59.4 Å². The number of rotatable bonds is 4. The number of carbonyl (C=O) groups excluding carboxylic acids is 2. The number of hydrogen-bond donors (Lipinski definition) is 1. The van der Waals surface area contributed by atoms with Gasteiger partial charge in [0.1, 0.15) is 0 Å². The van der Waals surface area contributed by atoms with Crippen molar-refractivity contribution >= 4 is 17.5 Å². The van der Waals surface area contributed by atoms with E-state index in [0.29, 0.717) is 18.7 Å². The van der Waals surface area contributed by atoms with Crippen LogP contribution in [-0.2, 0) is 17.9 Å². The van der Waals surface area contributed by atoms with Gasteiger partial charge < -0.3 is 15.1 Å². The highest BCUT2D eigenvalue weighted by molar-refractivity contribution is 5.97. The van der Waals surface area contributed by atoms with Crippen molar-refractivity contribution < 1.29 is 9.59 Å². The number of carbonyl (C=O) groups is 2. The maximum atomic E-state index is 13.2. The van der Waals surface area contributed by atoms with E-state index in [1.165, 1.54) is 18.4 Å². The van der Waals surface area contributed by atoms with Gasteiger partial charge in [0, 0.05) is 56.2 Å². The van der Waals surface area contributed by atoms with E-state index >= 15 is 0 Å². The maximum Gasteiger partial charge on any atom is 0.251 e. The van der Waals surface area contributed by atoms with Gasteiger partial charge in [-0.1, -0.05) is 25.3 Å². The first-order valence-corrected chi connectivity index (χ1v) is 13.5. The normalized spacial score (nSPS) is 19.1. The van der Waals surface area contributed by atoms with Crippen LogP contribution in [0.1, 0.15) is 73.4 Å². The molecule has 0 bridgehead atoms. The van der Waals surface area contributed by atoms with Crippen LogP contribution in [0.3, 0.4) is 0 Å². The average molecular weight is 492 g/mol. The number of hydrogen-bond acceptors (Lipinski definition) is 5. The highest BCUT2D eigenvalue weighted by Crippen LogP contribution is 2.27. The largest absolute Gasteiger partial charge is 0.349 e. The lowest BCUT2D eigenvalue weighted by Crippen LogP contribution is -2.43. The lowest BCUT2D eigenvalue weighted by Gasteiger charge is -2.30. The van der Waals surface area contributed by atoms with Gasteiger partial charge in [-0.15, -0.1) is 0 Å². The summed E-state index contributed by atoms with van der Waals surface area (Å²) >= 11 is 0. The molecule has 0 aliphatic carbocycles. The maximum absolute atomic E-state index is 13.2. The summed E-state index contributed by atoms with van der Waals surface area (Å²) in [5, 5.41) is 3.25. The third-order valence-electron chi connectivity index (χ3n) is 7.45. The van der Waals surface area contributed by atoms with Crippen LogP contribution in [0.2, 0.25) is 0 Å². The molecule has 2 amide bonds. The van der Waals surface area contributed by atoms with Crippen LogP contribution in [0.4, 0.5) is 5.69 Å². The molecular formula is C29H41N5O2. The Kier molecular flexibility index (Phi) is 9.47. The molecule has 1 N–H and O–H groups in total. The van der Waals surface area contributed by atoms with Crippen LogP contribution in [0.25, 0.3) is 0 Å². The fraction of sp³-hybridized carbons (Fsp3) is 0.552. The molecule has 1 aromatic heterocycles. The van der Waals surface area contributed by atoms with Crippen molar-refractivity contribution in [3.63, 3.8) is 0 Å². The average Bonchev–Trinajstić information content (AvgIpc) is 2.87. The van der Waals surface area contributed by atoms with Crippen molar-refractivity contribution in [2.24, 2.45) is 0 Å². The van der Waals surface area contributed by atoms with Crippen molar-refractivity contribution in [2.45, 2.75) is 71.0 Å². The van der Waals surface area contributed by atoms with E-state index in [1.54, 1.807) is 13.1 Å². The van der Waals surface area contributed by atoms with E-state index in [-0.39, 0.29) is 17.9 Å². The SMILES string of the molecule is CC(=O)N1CCCCCCCN(Cc2cccnc2)Cc2cc(C(=O)NC3CCN(C)CC3)ccc21. The molecule has 4 rings (SSSR count). The van der Waals surface area contributed by atoms with Gasteiger partial charge in [0.2, 0.25) is 5.91 Å². The van der Waals surface area contributed by atoms with E-state index in [0.717, 1.165) is 69.5 Å². The summed E-state index contributed by atoms with van der Waals surface area (Å²) in [4.78, 5) is 36.8. The molecule has 2 aromatic rings. The van der Waals surface area contributed by atoms with Gasteiger partial charge in [-0.25, -0.2) is 0 Å². The van der Waals surface area contributed by atoms with E-state index in [1.807, 2.05) is 35.4 Å². The second kappa shape index (κ2) is 13.0. The molecule has 0 radical (unpaired) electrons. The predicted molar refractivity (Wildman–Crippen MR) is 144 cm³/mol. The predicted octanol–water partition coefficient (Wildman–Crippen LogP) is 4.22. The Bertz CT molecular complexity index is 1000. The Morgan fingerprint density at radius 3 is 2.47 bits per heavy atom. The molecule has 1 fully saturated rings. The standard InChI is InChI=1S/C29H41N5O2/c1-23(35)34-16-7-5-3-4-6-15-33(21-24-9-8-14-30-20-24)22-26-19-25(10-11-28(26)34)29(36)31-27-12-17-32(2)18-13-27/h8-11,14,19-20,27H,3-7,12-13,15-18,21-22H2,1-2H3,(H,31,36). The van der Waals surface area contributed by atoms with Gasteiger partial charge in [0.25, 0.3) is 5.91 Å². The summed E-state index contributed by atoms with van der Waals surface area (Å²) in [6.45, 7) is 6.82. The number of likely N-dealkylation sites (tertiary alicyclic amines) is 1. The van der Waals surface area contributed by atoms with E-state index in [4.69, 9.17) is 0 Å². The topological polar surface area (TPSA) is 68.8 Å². The molecule has 0 unspecified atom stereocenters. The van der Waals surface area contributed by atoms with Crippen molar-refractivity contribution in [2.75, 3.05) is 38.1 Å². The van der Waals surface area contributed by atoms with Gasteiger partial charge >= 0.3 is 0 Å². The fourth-order valence-electron chi connectivity index (χ4n) is 5.33. The molecule has 7 nitrogen and oxygen atoms in total. The van der Waals surface area contributed by atoms with Crippen molar-refractivity contribution in [1.82, 2.24) is 20.1 Å². The van der Waals surface area contributed by atoms with Crippen molar-refractivity contribution in [3.8, 4) is 0 Å². The number of aromatic nitrogens is 1. The Morgan fingerprint density at radius 1 is 1.00 bits per heavy atom. The van der Waals surface area contributed by atoms with Gasteiger partial charge in [-0.2, -0.15) is 0 Å². The first-order chi connectivity index (χ1) is 17.5. The third-order valence-corrected chi connectivity index (χ3v) is 7.45. The van der Waals surface area contributed by atoms with Crippen LogP contribution in [0.5, 0.6) is 0 Å². The van der Waals surface area contributed by atoms with E-state index in [2.05, 4.69) is 33.2 Å². The van der Waals surface area contributed by atoms with Crippen molar-refractivity contribution in [1.29, 1.82) is 0 Å². The number of fused-ring (bicyclic) bond motifs is 1. The minimum absolute atomic E-state index is 0.0216. The fourth-order valence-corrected chi connectivity index (χ4v) is 5.33. The molecule has 0 spiro atoms. The molecule has 194 valence electrons. The smallest absolute Gasteiger partial charge is 0.251 e. The van der Waals surface area contributed by atoms with Gasteiger partial charge in [0.05, 0.1) is 0 Å². The number of nitrogens with zero attached hydrogens (tertiary/aromatic N) is 4. The molecular weight excluding hydrogens is 450 g/mol. The second-order valence-corrected chi connectivity index (χ2v) is 10.4. The van der Waals surface area contributed by atoms with Crippen LogP contribution >= 0.6 is 0 Å². The van der Waals surface area contributed by atoms with Gasteiger partial charge in [0.15, 0.2) is 0 Å². The molecule has 0 saturated carbocycles. The Balaban J connectivity index is 1.61. The Labute approximate surface area is 215 Å². The summed E-state index contributed by atoms with van der Waals surface area (Å²) in [6, 6.07) is 10.2. The third kappa shape index (κ3) is 7.37. The first kappa shape index (κ1) is 26.3. The van der Waals surface area contributed by atoms with Crippen LogP contribution in [-0.4, -0.2) is 65.9 Å². The molecule has 2 aliphatic heterocycles. The summed E-state index contributed by atoms with van der Waals surface area (Å²) in [5.41, 5.74) is 3.80. The number of pyridine rings is 1. The zero-order valence-electron chi connectivity index (χ0n) is 21.9. The minimum Gasteiger partial charge on any atom is -0.349 e. The molecule has 0 atom stereocenters. The van der Waals surface area contributed by atoms with E-state index < -0.39 is 0 Å². The summed E-state index contributed by atoms with van der Waals surface area (Å²) in [6.07, 6.45) is 11.3. The number of benzene rings is 1. The van der Waals surface area contributed by atoms with Gasteiger partial charge in [-0.3, -0.25) is 19.5 Å². The summed E-state index contributed by atoms with van der Waals surface area (Å²) in [7, 11) is 2.13. The molecule has 1 saturated heterocycles.